The standard InChI is InChI=1S/C22H24N6O2/c1-14(2)28-17(8-10-24-28)20(29)27-12-9-22(18(27)19-23-11-13-26(19)3)15-6-4-5-7-16(15)25-21(22)30/h4-8,10-11,13-14,18H,9,12H2,1-3H3,(H,25,30)/t18-,22+/m0/s1. The lowest BCUT2D eigenvalue weighted by Crippen LogP contribution is -2.44. The molecule has 1 spiro atoms. The van der Waals surface area contributed by atoms with E-state index < -0.39 is 11.5 Å². The van der Waals surface area contributed by atoms with Gasteiger partial charge in [0, 0.05) is 43.9 Å². The number of carbonyl (C=O) groups excluding carboxylic acids is 2. The smallest absolute Gasteiger partial charge is 0.272 e. The van der Waals surface area contributed by atoms with Crippen LogP contribution in [0, 0.1) is 0 Å². The van der Waals surface area contributed by atoms with E-state index in [1.54, 1.807) is 28.0 Å². The molecule has 0 saturated carbocycles. The molecule has 1 aromatic carbocycles. The second kappa shape index (κ2) is 6.55. The first-order valence-corrected chi connectivity index (χ1v) is 10.2. The zero-order chi connectivity index (χ0) is 21.0. The molecule has 2 atom stereocenters. The van der Waals surface area contributed by atoms with Crippen LogP contribution in [0.3, 0.4) is 0 Å². The molecule has 1 saturated heterocycles. The van der Waals surface area contributed by atoms with Gasteiger partial charge in [-0.15, -0.1) is 0 Å². The molecule has 5 rings (SSSR count). The van der Waals surface area contributed by atoms with Crippen molar-refractivity contribution in [2.75, 3.05) is 11.9 Å². The van der Waals surface area contributed by atoms with Crippen molar-refractivity contribution in [1.82, 2.24) is 24.2 Å². The first-order chi connectivity index (χ1) is 14.4. The van der Waals surface area contributed by atoms with Crippen LogP contribution in [0.1, 0.15) is 54.2 Å². The molecule has 0 bridgehead atoms. The van der Waals surface area contributed by atoms with Gasteiger partial charge in [0.1, 0.15) is 23.0 Å². The minimum atomic E-state index is -0.867. The molecule has 2 aliphatic heterocycles. The largest absolute Gasteiger partial charge is 0.336 e. The third-order valence-corrected chi connectivity index (χ3v) is 6.33. The van der Waals surface area contributed by atoms with E-state index in [1.807, 2.05) is 55.9 Å². The average Bonchev–Trinajstić information content (AvgIpc) is 3.49. The van der Waals surface area contributed by atoms with Crippen molar-refractivity contribution in [2.45, 2.75) is 37.8 Å². The Morgan fingerprint density at radius 2 is 2.03 bits per heavy atom. The van der Waals surface area contributed by atoms with Crippen LogP contribution in [0.15, 0.2) is 48.9 Å². The maximum absolute atomic E-state index is 13.7. The molecule has 8 heteroatoms. The number of benzene rings is 1. The predicted octanol–water partition coefficient (Wildman–Crippen LogP) is 2.67. The number of imidazole rings is 1. The normalized spacial score (nSPS) is 22.7. The van der Waals surface area contributed by atoms with Gasteiger partial charge in [0.2, 0.25) is 5.91 Å². The minimum Gasteiger partial charge on any atom is -0.336 e. The number of para-hydroxylation sites is 1. The average molecular weight is 404 g/mol. The van der Waals surface area contributed by atoms with Gasteiger partial charge in [-0.05, 0) is 38.0 Å². The van der Waals surface area contributed by atoms with E-state index in [9.17, 15) is 9.59 Å². The monoisotopic (exact) mass is 404 g/mol. The van der Waals surface area contributed by atoms with Crippen molar-refractivity contribution < 1.29 is 9.59 Å². The Kier molecular flexibility index (Phi) is 4.06. The highest BCUT2D eigenvalue weighted by Crippen LogP contribution is 2.54. The number of nitrogens with one attached hydrogen (secondary N) is 1. The van der Waals surface area contributed by atoms with Gasteiger partial charge < -0.3 is 14.8 Å². The Bertz CT molecular complexity index is 1150. The van der Waals surface area contributed by atoms with Crippen molar-refractivity contribution in [1.29, 1.82) is 0 Å². The molecule has 3 aromatic rings. The Morgan fingerprint density at radius 1 is 1.23 bits per heavy atom. The van der Waals surface area contributed by atoms with E-state index in [0.29, 0.717) is 24.5 Å². The molecule has 2 aliphatic rings. The molecule has 1 fully saturated rings. The number of anilines is 1. The summed E-state index contributed by atoms with van der Waals surface area (Å²) in [6.45, 7) is 4.44. The highest BCUT2D eigenvalue weighted by Gasteiger charge is 2.60. The number of carbonyl (C=O) groups is 2. The fourth-order valence-electron chi connectivity index (χ4n) is 4.95. The lowest BCUT2D eigenvalue weighted by molar-refractivity contribution is -0.121. The summed E-state index contributed by atoms with van der Waals surface area (Å²) in [5.74, 6) is 0.482. The van der Waals surface area contributed by atoms with E-state index in [2.05, 4.69) is 15.4 Å². The van der Waals surface area contributed by atoms with Crippen LogP contribution in [0.5, 0.6) is 0 Å². The van der Waals surface area contributed by atoms with Gasteiger partial charge in [-0.3, -0.25) is 14.3 Å². The Hall–Kier alpha value is -3.42. The van der Waals surface area contributed by atoms with E-state index in [4.69, 9.17) is 0 Å². The van der Waals surface area contributed by atoms with E-state index >= 15 is 0 Å². The van der Waals surface area contributed by atoms with Crippen LogP contribution in [-0.4, -0.2) is 42.6 Å². The van der Waals surface area contributed by atoms with Crippen molar-refractivity contribution in [3.8, 4) is 0 Å². The fraction of sp³-hybridized carbons (Fsp3) is 0.364. The van der Waals surface area contributed by atoms with Crippen LogP contribution in [0.25, 0.3) is 0 Å². The molecule has 0 aliphatic carbocycles. The summed E-state index contributed by atoms with van der Waals surface area (Å²) >= 11 is 0. The van der Waals surface area contributed by atoms with E-state index in [-0.39, 0.29) is 17.9 Å². The Labute approximate surface area is 174 Å². The SMILES string of the molecule is CC(C)n1nccc1C(=O)N1CC[C@]2(C(=O)Nc3ccccc32)[C@@H]1c1nccn1C. The third kappa shape index (κ3) is 2.39. The highest BCUT2D eigenvalue weighted by atomic mass is 16.2. The molecular formula is C22H24N6O2. The number of amides is 2. The van der Waals surface area contributed by atoms with E-state index in [0.717, 1.165) is 11.3 Å². The number of hydrogen-bond acceptors (Lipinski definition) is 4. The van der Waals surface area contributed by atoms with Gasteiger partial charge in [-0.2, -0.15) is 5.10 Å². The van der Waals surface area contributed by atoms with Crippen LogP contribution >= 0.6 is 0 Å². The zero-order valence-corrected chi connectivity index (χ0v) is 17.2. The lowest BCUT2D eigenvalue weighted by Gasteiger charge is -2.33. The summed E-state index contributed by atoms with van der Waals surface area (Å²) in [5, 5.41) is 7.36. The third-order valence-electron chi connectivity index (χ3n) is 6.33. The second-order valence-corrected chi connectivity index (χ2v) is 8.27. The Balaban J connectivity index is 1.67. The number of aromatic nitrogens is 4. The van der Waals surface area contributed by atoms with Crippen molar-refractivity contribution >= 4 is 17.5 Å². The van der Waals surface area contributed by atoms with Crippen molar-refractivity contribution in [3.63, 3.8) is 0 Å². The first-order valence-electron chi connectivity index (χ1n) is 10.2. The first kappa shape index (κ1) is 18.6. The lowest BCUT2D eigenvalue weighted by atomic mass is 9.74. The maximum atomic E-state index is 13.7. The predicted molar refractivity (Wildman–Crippen MR) is 111 cm³/mol. The summed E-state index contributed by atoms with van der Waals surface area (Å²) in [7, 11) is 1.90. The molecular weight excluding hydrogens is 380 g/mol. The fourth-order valence-corrected chi connectivity index (χ4v) is 4.95. The number of hydrogen-bond donors (Lipinski definition) is 1. The van der Waals surface area contributed by atoms with Crippen molar-refractivity contribution in [3.05, 3.63) is 66.0 Å². The summed E-state index contributed by atoms with van der Waals surface area (Å²) in [6, 6.07) is 9.03. The van der Waals surface area contributed by atoms with Crippen LogP contribution in [-0.2, 0) is 17.3 Å². The topological polar surface area (TPSA) is 85.1 Å². The summed E-state index contributed by atoms with van der Waals surface area (Å²) in [4.78, 5) is 33.5. The van der Waals surface area contributed by atoms with Gasteiger partial charge >= 0.3 is 0 Å². The minimum absolute atomic E-state index is 0.0534. The molecule has 0 unspecified atom stereocenters. The van der Waals surface area contributed by atoms with Gasteiger partial charge in [-0.25, -0.2) is 4.98 Å². The molecule has 4 heterocycles. The molecule has 2 amide bonds. The van der Waals surface area contributed by atoms with Gasteiger partial charge in [0.15, 0.2) is 0 Å². The Morgan fingerprint density at radius 3 is 2.77 bits per heavy atom. The number of rotatable bonds is 3. The van der Waals surface area contributed by atoms with Crippen LogP contribution < -0.4 is 5.32 Å². The molecule has 2 aromatic heterocycles. The number of aryl methyl sites for hydroxylation is 1. The molecule has 30 heavy (non-hydrogen) atoms. The van der Waals surface area contributed by atoms with Gasteiger partial charge in [0.25, 0.3) is 5.91 Å². The maximum Gasteiger partial charge on any atom is 0.272 e. The number of likely N-dealkylation sites (tertiary alicyclic amines) is 1. The molecule has 0 radical (unpaired) electrons. The summed E-state index contributed by atoms with van der Waals surface area (Å²) in [6.07, 6.45) is 5.74. The van der Waals surface area contributed by atoms with Gasteiger partial charge in [-0.1, -0.05) is 18.2 Å². The quantitative estimate of drug-likeness (QED) is 0.727. The molecule has 154 valence electrons. The second-order valence-electron chi connectivity index (χ2n) is 8.27. The zero-order valence-electron chi connectivity index (χ0n) is 17.2. The van der Waals surface area contributed by atoms with Crippen LogP contribution in [0.2, 0.25) is 0 Å². The summed E-state index contributed by atoms with van der Waals surface area (Å²) < 4.78 is 3.62. The molecule has 1 N–H and O–H groups in total. The van der Waals surface area contributed by atoms with E-state index in [1.165, 1.54) is 0 Å². The van der Waals surface area contributed by atoms with Gasteiger partial charge in [0.05, 0.1) is 0 Å². The molecule has 8 nitrogen and oxygen atoms in total. The number of nitrogens with zero attached hydrogens (tertiary/aromatic N) is 5. The highest BCUT2D eigenvalue weighted by molar-refractivity contribution is 6.08. The summed E-state index contributed by atoms with van der Waals surface area (Å²) in [5.41, 5.74) is 1.39. The number of fused-ring (bicyclic) bond motifs is 2. The van der Waals surface area contributed by atoms with Crippen LogP contribution in [0.4, 0.5) is 5.69 Å². The van der Waals surface area contributed by atoms with Crippen molar-refractivity contribution in [2.24, 2.45) is 7.05 Å².